The Morgan fingerprint density at radius 2 is 2.27 bits per heavy atom. The number of aliphatic carboxylic acids is 1. The van der Waals surface area contributed by atoms with Crippen LogP contribution in [0.2, 0.25) is 0 Å². The van der Waals surface area contributed by atoms with E-state index in [0.717, 1.165) is 0 Å². The van der Waals surface area contributed by atoms with Crippen LogP contribution in [0.15, 0.2) is 0 Å². The van der Waals surface area contributed by atoms with E-state index in [1.807, 2.05) is 0 Å². The van der Waals surface area contributed by atoms with Crippen LogP contribution in [0.3, 0.4) is 0 Å². The molecule has 11 heavy (non-hydrogen) atoms. The Balaban J connectivity index is 3.77. The summed E-state index contributed by atoms with van der Waals surface area (Å²) in [5.74, 6) is -1.11. The van der Waals surface area contributed by atoms with Gasteiger partial charge >= 0.3 is 5.97 Å². The molecule has 0 aromatic carbocycles. The number of rotatable bonds is 5. The fraction of sp³-hybridized carbons (Fsp3) is 0.857. The Bertz CT molecular complexity index is 130. The smallest absolute Gasteiger partial charge is 0.320 e. The van der Waals surface area contributed by atoms with Gasteiger partial charge in [0.25, 0.3) is 0 Å². The minimum atomic E-state index is -0.923. The number of carboxylic acid groups (broad SMARTS) is 1. The summed E-state index contributed by atoms with van der Waals surface area (Å²) in [7, 11) is 1.56. The van der Waals surface area contributed by atoms with Gasteiger partial charge in [0.1, 0.15) is 6.04 Å². The third kappa shape index (κ3) is 3.93. The van der Waals surface area contributed by atoms with Gasteiger partial charge in [-0.05, 0) is 19.4 Å². The van der Waals surface area contributed by atoms with Crippen LogP contribution in [-0.4, -0.2) is 30.8 Å². The zero-order valence-corrected chi connectivity index (χ0v) is 6.80. The highest BCUT2D eigenvalue weighted by atomic mass is 19.1. The topological polar surface area (TPSA) is 49.3 Å². The molecule has 0 amide bonds. The summed E-state index contributed by atoms with van der Waals surface area (Å²) in [6.07, 6.45) is 0.336. The van der Waals surface area contributed by atoms with Crippen molar-refractivity contribution in [1.82, 2.24) is 5.32 Å². The molecule has 66 valence electrons. The fourth-order valence-corrected chi connectivity index (χ4v) is 0.808. The summed E-state index contributed by atoms with van der Waals surface area (Å²) in [6, 6.07) is -0.624. The maximum atomic E-state index is 11.9. The lowest BCUT2D eigenvalue weighted by molar-refractivity contribution is -0.139. The monoisotopic (exact) mass is 163 g/mol. The van der Waals surface area contributed by atoms with E-state index < -0.39 is 18.7 Å². The quantitative estimate of drug-likeness (QED) is 0.625. The van der Waals surface area contributed by atoms with Crippen LogP contribution in [0.5, 0.6) is 0 Å². The lowest BCUT2D eigenvalue weighted by atomic mass is 10.0. The van der Waals surface area contributed by atoms with E-state index in [9.17, 15) is 9.18 Å². The predicted molar refractivity (Wildman–Crippen MR) is 40.2 cm³/mol. The molecule has 0 aliphatic rings. The molecule has 0 fully saturated rings. The molecular weight excluding hydrogens is 149 g/mol. The molecule has 0 aromatic heterocycles. The minimum absolute atomic E-state index is 0.191. The van der Waals surface area contributed by atoms with Crippen LogP contribution in [0, 0.1) is 5.92 Å². The highest BCUT2D eigenvalue weighted by molar-refractivity contribution is 5.73. The molecule has 0 spiro atoms. The molecule has 4 heteroatoms. The van der Waals surface area contributed by atoms with Crippen molar-refractivity contribution in [2.45, 2.75) is 19.4 Å². The van der Waals surface area contributed by atoms with E-state index in [-0.39, 0.29) is 5.92 Å². The van der Waals surface area contributed by atoms with Gasteiger partial charge in [-0.2, -0.15) is 0 Å². The normalized spacial score (nSPS) is 15.9. The van der Waals surface area contributed by atoms with Gasteiger partial charge in [0.15, 0.2) is 0 Å². The standard InChI is InChI=1S/C7H14FNO2/c1-5(4-8)3-6(9-2)7(10)11/h5-6,9H,3-4H2,1-2H3,(H,10,11). The first-order valence-corrected chi connectivity index (χ1v) is 3.57. The van der Waals surface area contributed by atoms with Gasteiger partial charge in [0, 0.05) is 0 Å². The second-order valence-electron chi connectivity index (χ2n) is 2.67. The van der Waals surface area contributed by atoms with Crippen molar-refractivity contribution < 1.29 is 14.3 Å². The molecule has 0 saturated carbocycles. The minimum Gasteiger partial charge on any atom is -0.480 e. The lowest BCUT2D eigenvalue weighted by Gasteiger charge is -2.13. The SMILES string of the molecule is CNC(CC(C)CF)C(=O)O. The average molecular weight is 163 g/mol. The molecule has 0 aliphatic carbocycles. The van der Waals surface area contributed by atoms with Crippen LogP contribution >= 0.6 is 0 Å². The summed E-state index contributed by atoms with van der Waals surface area (Å²) in [5.41, 5.74) is 0. The van der Waals surface area contributed by atoms with Crippen LogP contribution in [0.4, 0.5) is 4.39 Å². The summed E-state index contributed by atoms with van der Waals surface area (Å²) in [4.78, 5) is 10.4. The summed E-state index contributed by atoms with van der Waals surface area (Å²) in [5, 5.41) is 11.1. The predicted octanol–water partition coefficient (Wildman–Crippen LogP) is 0.655. The summed E-state index contributed by atoms with van der Waals surface area (Å²) in [6.45, 7) is 1.22. The van der Waals surface area contributed by atoms with Crippen LogP contribution in [-0.2, 0) is 4.79 Å². The number of alkyl halides is 1. The van der Waals surface area contributed by atoms with Crippen LogP contribution in [0.25, 0.3) is 0 Å². The Kier molecular flexibility index (Phi) is 4.77. The molecular formula is C7H14FNO2. The van der Waals surface area contributed by atoms with Crippen molar-refractivity contribution >= 4 is 5.97 Å². The largest absolute Gasteiger partial charge is 0.480 e. The molecule has 0 rings (SSSR count). The maximum Gasteiger partial charge on any atom is 0.320 e. The molecule has 3 nitrogen and oxygen atoms in total. The van der Waals surface area contributed by atoms with E-state index >= 15 is 0 Å². The first kappa shape index (κ1) is 10.4. The Hall–Kier alpha value is -0.640. The zero-order valence-electron chi connectivity index (χ0n) is 6.80. The molecule has 0 aliphatic heterocycles. The van der Waals surface area contributed by atoms with Gasteiger partial charge in [0.2, 0.25) is 0 Å². The number of likely N-dealkylation sites (N-methyl/N-ethyl adjacent to an activating group) is 1. The third-order valence-electron chi connectivity index (χ3n) is 1.55. The Labute approximate surface area is 65.6 Å². The van der Waals surface area contributed by atoms with Gasteiger partial charge in [-0.1, -0.05) is 6.92 Å². The molecule has 0 heterocycles. The number of carbonyl (C=O) groups is 1. The van der Waals surface area contributed by atoms with Crippen molar-refractivity contribution in [2.24, 2.45) is 5.92 Å². The number of nitrogens with one attached hydrogen (secondary N) is 1. The molecule has 2 unspecified atom stereocenters. The number of carboxylic acids is 1. The Morgan fingerprint density at radius 1 is 1.73 bits per heavy atom. The van der Waals surface area contributed by atoms with Crippen molar-refractivity contribution in [3.05, 3.63) is 0 Å². The lowest BCUT2D eigenvalue weighted by Crippen LogP contribution is -2.35. The van der Waals surface area contributed by atoms with Gasteiger partial charge in [-0.3, -0.25) is 9.18 Å². The summed E-state index contributed by atoms with van der Waals surface area (Å²) < 4.78 is 11.9. The van der Waals surface area contributed by atoms with Crippen molar-refractivity contribution in [3.63, 3.8) is 0 Å². The molecule has 0 bridgehead atoms. The van der Waals surface area contributed by atoms with Gasteiger partial charge < -0.3 is 10.4 Å². The molecule has 0 aromatic rings. The molecule has 0 saturated heterocycles. The van der Waals surface area contributed by atoms with Gasteiger partial charge in [-0.15, -0.1) is 0 Å². The fourth-order valence-electron chi connectivity index (χ4n) is 0.808. The van der Waals surface area contributed by atoms with E-state index in [1.165, 1.54) is 0 Å². The van der Waals surface area contributed by atoms with Crippen LogP contribution in [0.1, 0.15) is 13.3 Å². The zero-order chi connectivity index (χ0) is 8.85. The number of hydrogen-bond acceptors (Lipinski definition) is 2. The first-order chi connectivity index (χ1) is 5.11. The van der Waals surface area contributed by atoms with Crippen molar-refractivity contribution in [3.8, 4) is 0 Å². The molecule has 2 N–H and O–H groups in total. The molecule has 0 radical (unpaired) electrons. The van der Waals surface area contributed by atoms with E-state index in [1.54, 1.807) is 14.0 Å². The van der Waals surface area contributed by atoms with Gasteiger partial charge in [-0.25, -0.2) is 0 Å². The Morgan fingerprint density at radius 3 is 2.55 bits per heavy atom. The first-order valence-electron chi connectivity index (χ1n) is 3.57. The van der Waals surface area contributed by atoms with Gasteiger partial charge in [0.05, 0.1) is 6.67 Å². The number of halogens is 1. The van der Waals surface area contributed by atoms with Crippen molar-refractivity contribution in [1.29, 1.82) is 0 Å². The van der Waals surface area contributed by atoms with E-state index in [0.29, 0.717) is 6.42 Å². The van der Waals surface area contributed by atoms with E-state index in [4.69, 9.17) is 5.11 Å². The summed E-state index contributed by atoms with van der Waals surface area (Å²) >= 11 is 0. The highest BCUT2D eigenvalue weighted by Gasteiger charge is 2.17. The second kappa shape index (κ2) is 5.07. The second-order valence-corrected chi connectivity index (χ2v) is 2.67. The number of hydrogen-bond donors (Lipinski definition) is 2. The molecule has 2 atom stereocenters. The maximum absolute atomic E-state index is 11.9. The van der Waals surface area contributed by atoms with Crippen LogP contribution < -0.4 is 5.32 Å². The average Bonchev–Trinajstić information content (AvgIpc) is 1.99. The van der Waals surface area contributed by atoms with E-state index in [2.05, 4.69) is 5.32 Å². The highest BCUT2D eigenvalue weighted by Crippen LogP contribution is 2.06. The third-order valence-corrected chi connectivity index (χ3v) is 1.55. The van der Waals surface area contributed by atoms with Crippen molar-refractivity contribution in [2.75, 3.05) is 13.7 Å².